The number of rotatable bonds is 4. The second-order valence-corrected chi connectivity index (χ2v) is 6.18. The van der Waals surface area contributed by atoms with Gasteiger partial charge in [-0.2, -0.15) is 0 Å². The molecule has 2 saturated carbocycles. The van der Waals surface area contributed by atoms with Gasteiger partial charge in [0.2, 0.25) is 0 Å². The number of hydrogen-bond acceptors (Lipinski definition) is 3. The molecule has 94 valence electrons. The van der Waals surface area contributed by atoms with Gasteiger partial charge in [0.05, 0.1) is 0 Å². The van der Waals surface area contributed by atoms with Crippen LogP contribution >= 0.6 is 15.9 Å². The van der Waals surface area contributed by atoms with Gasteiger partial charge in [-0.3, -0.25) is 0 Å². The van der Waals surface area contributed by atoms with Crippen LogP contribution in [0.3, 0.4) is 0 Å². The van der Waals surface area contributed by atoms with E-state index in [1.165, 1.54) is 25.7 Å². The van der Waals surface area contributed by atoms with Gasteiger partial charge in [0, 0.05) is 31.2 Å². The topological polar surface area (TPSA) is 33.4 Å². The number of imidazole rings is 1. The fourth-order valence-electron chi connectivity index (χ4n) is 2.45. The second-order valence-electron chi connectivity index (χ2n) is 5.37. The lowest BCUT2D eigenvalue weighted by atomic mass is 10.3. The first-order valence-corrected chi connectivity index (χ1v) is 7.36. The van der Waals surface area contributed by atoms with Crippen molar-refractivity contribution in [3.63, 3.8) is 0 Å². The number of aromatic nitrogens is 3. The van der Waals surface area contributed by atoms with E-state index in [-0.39, 0.29) is 0 Å². The molecule has 2 aromatic heterocycles. The summed E-state index contributed by atoms with van der Waals surface area (Å²) in [6.07, 6.45) is 11.1. The van der Waals surface area contributed by atoms with Crippen LogP contribution < -0.4 is 4.90 Å². The quantitative estimate of drug-likeness (QED) is 0.871. The Bertz CT molecular complexity index is 586. The van der Waals surface area contributed by atoms with E-state index < -0.39 is 0 Å². The molecular formula is C13H15BrN4. The molecule has 0 N–H and O–H groups in total. The maximum absolute atomic E-state index is 4.68. The van der Waals surface area contributed by atoms with Crippen molar-refractivity contribution in [3.05, 3.63) is 23.2 Å². The molecule has 0 radical (unpaired) electrons. The molecule has 4 nitrogen and oxygen atoms in total. The molecule has 0 aliphatic heterocycles. The Morgan fingerprint density at radius 3 is 2.89 bits per heavy atom. The van der Waals surface area contributed by atoms with E-state index in [2.05, 4.69) is 35.2 Å². The van der Waals surface area contributed by atoms with Crippen LogP contribution in [0.1, 0.15) is 25.7 Å². The van der Waals surface area contributed by atoms with Crippen LogP contribution in [0.4, 0.5) is 5.82 Å². The van der Waals surface area contributed by atoms with Crippen LogP contribution in [-0.2, 0) is 0 Å². The van der Waals surface area contributed by atoms with Crippen LogP contribution in [0.25, 0.3) is 5.65 Å². The highest BCUT2D eigenvalue weighted by Crippen LogP contribution is 2.38. The van der Waals surface area contributed by atoms with Crippen molar-refractivity contribution in [2.24, 2.45) is 5.92 Å². The first-order valence-electron chi connectivity index (χ1n) is 6.57. The normalized spacial score (nSPS) is 19.4. The molecule has 0 saturated heterocycles. The van der Waals surface area contributed by atoms with Gasteiger partial charge in [-0.25, -0.2) is 9.97 Å². The lowest BCUT2D eigenvalue weighted by Crippen LogP contribution is -2.29. The Kier molecular flexibility index (Phi) is 2.37. The molecule has 2 aliphatic rings. The Morgan fingerprint density at radius 2 is 2.17 bits per heavy atom. The van der Waals surface area contributed by atoms with E-state index in [1.807, 2.05) is 18.6 Å². The zero-order chi connectivity index (χ0) is 12.1. The highest BCUT2D eigenvalue weighted by molar-refractivity contribution is 9.10. The van der Waals surface area contributed by atoms with Crippen molar-refractivity contribution in [2.45, 2.75) is 31.7 Å². The minimum atomic E-state index is 0.688. The van der Waals surface area contributed by atoms with Crippen LogP contribution in [0.2, 0.25) is 0 Å². The molecule has 2 heterocycles. The zero-order valence-corrected chi connectivity index (χ0v) is 11.7. The molecular weight excluding hydrogens is 292 g/mol. The van der Waals surface area contributed by atoms with Gasteiger partial charge < -0.3 is 9.30 Å². The Hall–Kier alpha value is -1.10. The molecule has 2 aliphatic carbocycles. The smallest absolute Gasteiger partial charge is 0.180 e. The van der Waals surface area contributed by atoms with Gasteiger partial charge in [0.25, 0.3) is 0 Å². The molecule has 4 rings (SSSR count). The van der Waals surface area contributed by atoms with E-state index in [1.54, 1.807) is 0 Å². The van der Waals surface area contributed by atoms with Crippen LogP contribution in [0, 0.1) is 5.92 Å². The molecule has 2 fully saturated rings. The fourth-order valence-corrected chi connectivity index (χ4v) is 2.84. The number of nitrogens with zero attached hydrogens (tertiary/aromatic N) is 4. The van der Waals surface area contributed by atoms with Crippen LogP contribution in [-0.4, -0.2) is 27.0 Å². The maximum atomic E-state index is 4.68. The third kappa shape index (κ3) is 1.90. The zero-order valence-electron chi connectivity index (χ0n) is 10.1. The summed E-state index contributed by atoms with van der Waals surface area (Å²) in [6, 6.07) is 0.688. The predicted octanol–water partition coefficient (Wildman–Crippen LogP) is 2.87. The molecule has 5 heteroatoms. The summed E-state index contributed by atoms with van der Waals surface area (Å²) in [6.45, 7) is 1.15. The van der Waals surface area contributed by atoms with Crippen LogP contribution in [0.5, 0.6) is 0 Å². The Balaban J connectivity index is 1.79. The van der Waals surface area contributed by atoms with E-state index in [9.17, 15) is 0 Å². The number of fused-ring (bicyclic) bond motifs is 1. The number of halogens is 1. The maximum Gasteiger partial charge on any atom is 0.180 e. The van der Waals surface area contributed by atoms with Crippen molar-refractivity contribution < 1.29 is 0 Å². The standard InChI is InChI=1S/C13H15BrN4/c14-11-8-17-6-5-15-12(17)13(16-11)18(10-3-4-10)7-9-1-2-9/h5-6,8-10H,1-4,7H2. The molecule has 0 spiro atoms. The summed E-state index contributed by atoms with van der Waals surface area (Å²) in [4.78, 5) is 11.6. The first kappa shape index (κ1) is 10.8. The largest absolute Gasteiger partial charge is 0.350 e. The van der Waals surface area contributed by atoms with E-state index in [4.69, 9.17) is 0 Å². The average Bonchev–Trinajstić information content (AvgIpc) is 3.24. The van der Waals surface area contributed by atoms with Crippen molar-refractivity contribution in [3.8, 4) is 0 Å². The van der Waals surface area contributed by atoms with Gasteiger partial charge >= 0.3 is 0 Å². The van der Waals surface area contributed by atoms with Crippen molar-refractivity contribution >= 4 is 27.4 Å². The third-order valence-electron chi connectivity index (χ3n) is 3.74. The number of hydrogen-bond donors (Lipinski definition) is 0. The molecule has 0 atom stereocenters. The van der Waals surface area contributed by atoms with Gasteiger partial charge in [0.15, 0.2) is 11.5 Å². The SMILES string of the molecule is Brc1cn2ccnc2c(N(CC2CC2)C2CC2)n1. The highest BCUT2D eigenvalue weighted by atomic mass is 79.9. The summed E-state index contributed by atoms with van der Waals surface area (Å²) in [5.41, 5.74) is 0.978. The first-order chi connectivity index (χ1) is 8.81. The minimum Gasteiger partial charge on any atom is -0.350 e. The molecule has 0 amide bonds. The molecule has 0 unspecified atom stereocenters. The van der Waals surface area contributed by atoms with Crippen molar-refractivity contribution in [1.29, 1.82) is 0 Å². The van der Waals surface area contributed by atoms with Gasteiger partial charge in [-0.15, -0.1) is 0 Å². The summed E-state index contributed by atoms with van der Waals surface area (Å²) < 4.78 is 2.93. The van der Waals surface area contributed by atoms with E-state index >= 15 is 0 Å². The van der Waals surface area contributed by atoms with E-state index in [0.717, 1.165) is 28.5 Å². The fraction of sp³-hybridized carbons (Fsp3) is 0.538. The van der Waals surface area contributed by atoms with Crippen molar-refractivity contribution in [1.82, 2.24) is 14.4 Å². The summed E-state index contributed by atoms with van der Waals surface area (Å²) in [5.74, 6) is 1.92. The van der Waals surface area contributed by atoms with Gasteiger partial charge in [-0.1, -0.05) is 0 Å². The monoisotopic (exact) mass is 306 g/mol. The molecule has 0 aromatic carbocycles. The van der Waals surface area contributed by atoms with Gasteiger partial charge in [-0.05, 0) is 47.5 Å². The number of anilines is 1. The minimum absolute atomic E-state index is 0.688. The Labute approximate surface area is 114 Å². The summed E-state index contributed by atoms with van der Waals surface area (Å²) in [7, 11) is 0. The van der Waals surface area contributed by atoms with Crippen LogP contribution in [0.15, 0.2) is 23.2 Å². The molecule has 2 aromatic rings. The lowest BCUT2D eigenvalue weighted by molar-refractivity contribution is 0.708. The average molecular weight is 307 g/mol. The third-order valence-corrected chi connectivity index (χ3v) is 4.12. The summed E-state index contributed by atoms with van der Waals surface area (Å²) >= 11 is 3.50. The second kappa shape index (κ2) is 3.95. The van der Waals surface area contributed by atoms with E-state index in [0.29, 0.717) is 6.04 Å². The summed E-state index contributed by atoms with van der Waals surface area (Å²) in [5, 5.41) is 0. The predicted molar refractivity (Wildman–Crippen MR) is 73.8 cm³/mol. The lowest BCUT2D eigenvalue weighted by Gasteiger charge is -2.23. The highest BCUT2D eigenvalue weighted by Gasteiger charge is 2.35. The molecule has 18 heavy (non-hydrogen) atoms. The Morgan fingerprint density at radius 1 is 1.33 bits per heavy atom. The molecule has 0 bridgehead atoms. The van der Waals surface area contributed by atoms with Gasteiger partial charge in [0.1, 0.15) is 4.60 Å². The van der Waals surface area contributed by atoms with Crippen molar-refractivity contribution in [2.75, 3.05) is 11.4 Å².